The normalized spacial score (nSPS) is 10.7. The first kappa shape index (κ1) is 22.3. The van der Waals surface area contributed by atoms with Gasteiger partial charge in [-0.1, -0.05) is 33.6 Å². The van der Waals surface area contributed by atoms with Crippen LogP contribution in [0.3, 0.4) is 0 Å². The van der Waals surface area contributed by atoms with E-state index in [0.717, 1.165) is 0 Å². The highest BCUT2D eigenvalue weighted by atomic mass is 79.9. The van der Waals surface area contributed by atoms with Gasteiger partial charge in [0.05, 0.1) is 13.3 Å². The average Bonchev–Trinajstić information content (AvgIpc) is 2.76. The van der Waals surface area contributed by atoms with E-state index >= 15 is 0 Å². The lowest BCUT2D eigenvalue weighted by atomic mass is 10.1. The number of carbonyl (C=O) groups excluding carboxylic acids is 2. The van der Waals surface area contributed by atoms with Gasteiger partial charge in [0.1, 0.15) is 0 Å². The molecule has 0 spiro atoms. The van der Waals surface area contributed by atoms with E-state index in [4.69, 9.17) is 16.3 Å². The van der Waals surface area contributed by atoms with Gasteiger partial charge in [-0.3, -0.25) is 9.59 Å². The van der Waals surface area contributed by atoms with Gasteiger partial charge in [0, 0.05) is 31.9 Å². The molecule has 0 fully saturated rings. The second kappa shape index (κ2) is 10.1. The number of phenolic OH excluding ortho intramolecular Hbond substituents is 1. The summed E-state index contributed by atoms with van der Waals surface area (Å²) in [6.07, 6.45) is 1.31. The van der Waals surface area contributed by atoms with E-state index in [-0.39, 0.29) is 17.4 Å². The van der Waals surface area contributed by atoms with E-state index < -0.39 is 5.91 Å². The predicted molar refractivity (Wildman–Crippen MR) is 123 cm³/mol. The Morgan fingerprint density at radius 1 is 1.06 bits per heavy atom. The van der Waals surface area contributed by atoms with Crippen LogP contribution in [0.2, 0.25) is 5.02 Å². The Morgan fingerprint density at radius 2 is 1.81 bits per heavy atom. The molecule has 2 amide bonds. The fourth-order valence-corrected chi connectivity index (χ4v) is 3.26. The molecule has 0 aromatic heterocycles. The molecule has 3 aromatic rings. The van der Waals surface area contributed by atoms with Gasteiger partial charge >= 0.3 is 0 Å². The first-order valence-electron chi connectivity index (χ1n) is 8.94. The maximum atomic E-state index is 12.3. The molecule has 0 heterocycles. The number of nitrogens with one attached hydrogen (secondary N) is 2. The fourth-order valence-electron chi connectivity index (χ4n) is 2.61. The van der Waals surface area contributed by atoms with Crippen molar-refractivity contribution in [1.29, 1.82) is 0 Å². The molecular formula is C22H17BrClN3O4. The number of nitrogens with zero attached hydrogens (tertiary/aromatic N) is 1. The Hall–Kier alpha value is -3.36. The van der Waals surface area contributed by atoms with Crippen LogP contribution in [0.25, 0.3) is 0 Å². The molecule has 3 aromatic carbocycles. The molecule has 9 heteroatoms. The van der Waals surface area contributed by atoms with Crippen molar-refractivity contribution < 1.29 is 19.4 Å². The maximum absolute atomic E-state index is 12.3. The van der Waals surface area contributed by atoms with Gasteiger partial charge < -0.3 is 15.2 Å². The third-order valence-corrected chi connectivity index (χ3v) is 4.84. The molecule has 0 saturated heterocycles. The van der Waals surface area contributed by atoms with E-state index in [0.29, 0.717) is 31.9 Å². The highest BCUT2D eigenvalue weighted by Gasteiger charge is 2.10. The number of hydrazone groups is 1. The minimum Gasteiger partial charge on any atom is -0.504 e. The number of ether oxygens (including phenoxy) is 1. The largest absolute Gasteiger partial charge is 0.504 e. The lowest BCUT2D eigenvalue weighted by Gasteiger charge is -2.07. The van der Waals surface area contributed by atoms with Crippen LogP contribution in [0.5, 0.6) is 11.5 Å². The summed E-state index contributed by atoms with van der Waals surface area (Å²) < 4.78 is 5.76. The second-order valence-electron chi connectivity index (χ2n) is 6.29. The van der Waals surface area contributed by atoms with Gasteiger partial charge in [-0.05, 0) is 54.6 Å². The Morgan fingerprint density at radius 3 is 2.48 bits per heavy atom. The van der Waals surface area contributed by atoms with E-state index in [1.165, 1.54) is 13.3 Å². The highest BCUT2D eigenvalue weighted by molar-refractivity contribution is 9.10. The molecule has 0 bridgehead atoms. The summed E-state index contributed by atoms with van der Waals surface area (Å²) in [7, 11) is 1.44. The molecule has 7 nitrogen and oxygen atoms in total. The third kappa shape index (κ3) is 5.84. The van der Waals surface area contributed by atoms with Gasteiger partial charge in [0.15, 0.2) is 11.5 Å². The Bertz CT molecular complexity index is 1150. The van der Waals surface area contributed by atoms with Crippen LogP contribution in [0.1, 0.15) is 26.3 Å². The summed E-state index contributed by atoms with van der Waals surface area (Å²) in [4.78, 5) is 24.5. The van der Waals surface area contributed by atoms with Gasteiger partial charge in [0.25, 0.3) is 11.8 Å². The molecule has 158 valence electrons. The standard InChI is InChI=1S/C22H17BrClN3O4/c1-31-19-11-16(23)9-15(20(19)28)12-25-27-22(30)13-5-7-18(8-6-13)26-21(29)14-3-2-4-17(24)10-14/h2-12,28H,1H3,(H,26,29)(H,27,30)/b25-12+. The van der Waals surface area contributed by atoms with Crippen LogP contribution in [-0.4, -0.2) is 30.2 Å². The van der Waals surface area contributed by atoms with Crippen LogP contribution in [-0.2, 0) is 0 Å². The zero-order valence-electron chi connectivity index (χ0n) is 16.2. The number of hydrogen-bond donors (Lipinski definition) is 3. The van der Waals surface area contributed by atoms with Crippen LogP contribution in [0, 0.1) is 0 Å². The fraction of sp³-hybridized carbons (Fsp3) is 0.0455. The topological polar surface area (TPSA) is 100 Å². The summed E-state index contributed by atoms with van der Waals surface area (Å²) in [6.45, 7) is 0. The zero-order valence-corrected chi connectivity index (χ0v) is 18.6. The summed E-state index contributed by atoms with van der Waals surface area (Å²) in [5.74, 6) is -0.583. The number of benzene rings is 3. The second-order valence-corrected chi connectivity index (χ2v) is 7.64. The first-order valence-corrected chi connectivity index (χ1v) is 10.1. The van der Waals surface area contributed by atoms with Crippen LogP contribution >= 0.6 is 27.5 Å². The molecule has 3 rings (SSSR count). The van der Waals surface area contributed by atoms with Gasteiger partial charge in [0.2, 0.25) is 0 Å². The molecule has 0 radical (unpaired) electrons. The van der Waals surface area contributed by atoms with Crippen molar-refractivity contribution in [3.8, 4) is 11.5 Å². The molecule has 0 aliphatic carbocycles. The van der Waals surface area contributed by atoms with Crippen molar-refractivity contribution >= 4 is 51.2 Å². The maximum Gasteiger partial charge on any atom is 0.271 e. The van der Waals surface area contributed by atoms with Crippen molar-refractivity contribution in [2.24, 2.45) is 5.10 Å². The molecule has 3 N–H and O–H groups in total. The summed E-state index contributed by atoms with van der Waals surface area (Å²) in [6, 6.07) is 16.1. The van der Waals surface area contributed by atoms with E-state index in [1.807, 2.05) is 0 Å². The monoisotopic (exact) mass is 501 g/mol. The van der Waals surface area contributed by atoms with Gasteiger partial charge in [-0.15, -0.1) is 0 Å². The molecule has 0 atom stereocenters. The lowest BCUT2D eigenvalue weighted by molar-refractivity contribution is 0.0954. The molecule has 0 saturated carbocycles. The first-order chi connectivity index (χ1) is 14.9. The van der Waals surface area contributed by atoms with Gasteiger partial charge in [-0.2, -0.15) is 5.10 Å². The Balaban J connectivity index is 1.62. The van der Waals surface area contributed by atoms with Crippen molar-refractivity contribution in [2.75, 3.05) is 12.4 Å². The number of methoxy groups -OCH3 is 1. The SMILES string of the molecule is COc1cc(Br)cc(/C=N/NC(=O)c2ccc(NC(=O)c3cccc(Cl)c3)cc2)c1O. The number of amides is 2. The lowest BCUT2D eigenvalue weighted by Crippen LogP contribution is -2.18. The van der Waals surface area contributed by atoms with Crippen LogP contribution < -0.4 is 15.5 Å². The number of aromatic hydroxyl groups is 1. The van der Waals surface area contributed by atoms with Crippen molar-refractivity contribution in [1.82, 2.24) is 5.43 Å². The number of anilines is 1. The molecule has 31 heavy (non-hydrogen) atoms. The quantitative estimate of drug-likeness (QED) is 0.332. The summed E-state index contributed by atoms with van der Waals surface area (Å²) in [5.41, 5.74) is 4.04. The van der Waals surface area contributed by atoms with Crippen LogP contribution in [0.4, 0.5) is 5.69 Å². The molecule has 0 aliphatic rings. The Labute approximate surface area is 191 Å². The zero-order chi connectivity index (χ0) is 22.4. The molecule has 0 unspecified atom stereocenters. The van der Waals surface area contributed by atoms with E-state index in [1.54, 1.807) is 60.7 Å². The van der Waals surface area contributed by atoms with Gasteiger partial charge in [-0.25, -0.2) is 5.43 Å². The summed E-state index contributed by atoms with van der Waals surface area (Å²) >= 11 is 9.21. The average molecular weight is 503 g/mol. The van der Waals surface area contributed by atoms with E-state index in [2.05, 4.69) is 31.8 Å². The number of rotatable bonds is 6. The van der Waals surface area contributed by atoms with E-state index in [9.17, 15) is 14.7 Å². The number of hydrogen-bond acceptors (Lipinski definition) is 5. The van der Waals surface area contributed by atoms with Crippen molar-refractivity contribution in [3.63, 3.8) is 0 Å². The number of halogens is 2. The Kier molecular flexibility index (Phi) is 7.28. The van der Waals surface area contributed by atoms with Crippen molar-refractivity contribution in [2.45, 2.75) is 0 Å². The van der Waals surface area contributed by atoms with Crippen molar-refractivity contribution in [3.05, 3.63) is 86.8 Å². The third-order valence-electron chi connectivity index (χ3n) is 4.15. The molecular weight excluding hydrogens is 486 g/mol. The predicted octanol–water partition coefficient (Wildman–Crippen LogP) is 4.83. The minimum atomic E-state index is -0.453. The van der Waals surface area contributed by atoms with Crippen LogP contribution in [0.15, 0.2) is 70.2 Å². The smallest absolute Gasteiger partial charge is 0.271 e. The minimum absolute atomic E-state index is 0.0940. The summed E-state index contributed by atoms with van der Waals surface area (Å²) in [5, 5.41) is 17.2. The highest BCUT2D eigenvalue weighted by Crippen LogP contribution is 2.32. The number of phenols is 1. The molecule has 0 aliphatic heterocycles. The number of carbonyl (C=O) groups is 2.